The van der Waals surface area contributed by atoms with E-state index in [0.29, 0.717) is 0 Å². The largest absolute Gasteiger partial charge is 0.340 e. The monoisotopic (exact) mass is 300 g/mol. The number of halogens is 2. The van der Waals surface area contributed by atoms with Gasteiger partial charge in [-0.05, 0) is 18.6 Å². The lowest BCUT2D eigenvalue weighted by Crippen LogP contribution is -2.52. The van der Waals surface area contributed by atoms with Gasteiger partial charge in [-0.2, -0.15) is 0 Å². The minimum Gasteiger partial charge on any atom is -0.340 e. The lowest BCUT2D eigenvalue weighted by atomic mass is 10.1. The van der Waals surface area contributed by atoms with Gasteiger partial charge in [0.05, 0.1) is 15.6 Å². The molecule has 3 amide bonds. The zero-order valence-corrected chi connectivity index (χ0v) is 11.2. The first kappa shape index (κ1) is 13.8. The average molecular weight is 301 g/mol. The number of imide groups is 1. The van der Waals surface area contributed by atoms with Gasteiger partial charge < -0.3 is 5.32 Å². The number of nitrogens with one attached hydrogen (secondary N) is 2. The van der Waals surface area contributed by atoms with E-state index in [2.05, 4.69) is 10.6 Å². The summed E-state index contributed by atoms with van der Waals surface area (Å²) in [7, 11) is 0. The van der Waals surface area contributed by atoms with Gasteiger partial charge in [0.2, 0.25) is 11.8 Å². The van der Waals surface area contributed by atoms with Crippen molar-refractivity contribution in [3.05, 3.63) is 33.8 Å². The van der Waals surface area contributed by atoms with Crippen molar-refractivity contribution < 1.29 is 14.4 Å². The van der Waals surface area contributed by atoms with Gasteiger partial charge in [0.15, 0.2) is 0 Å². The molecule has 5 nitrogen and oxygen atoms in total. The highest BCUT2D eigenvalue weighted by molar-refractivity contribution is 6.39. The van der Waals surface area contributed by atoms with Crippen LogP contribution in [0.5, 0.6) is 0 Å². The second kappa shape index (κ2) is 5.59. The lowest BCUT2D eigenvalue weighted by molar-refractivity contribution is -0.134. The molecule has 1 saturated heterocycles. The SMILES string of the molecule is O=C1CCC(NC(=O)c2c(Cl)cccc2Cl)C(=O)N1. The van der Waals surface area contributed by atoms with Gasteiger partial charge in [0.1, 0.15) is 6.04 Å². The van der Waals surface area contributed by atoms with Gasteiger partial charge in [-0.1, -0.05) is 29.3 Å². The van der Waals surface area contributed by atoms with E-state index in [1.165, 1.54) is 12.1 Å². The number of rotatable bonds is 2. The van der Waals surface area contributed by atoms with Crippen molar-refractivity contribution in [3.8, 4) is 0 Å². The van der Waals surface area contributed by atoms with Crippen LogP contribution in [0.2, 0.25) is 10.0 Å². The maximum atomic E-state index is 12.0. The summed E-state index contributed by atoms with van der Waals surface area (Å²) in [6.45, 7) is 0. The Balaban J connectivity index is 2.13. The minimum absolute atomic E-state index is 0.121. The van der Waals surface area contributed by atoms with E-state index in [9.17, 15) is 14.4 Å². The average Bonchev–Trinajstić information content (AvgIpc) is 2.32. The Labute approximate surface area is 119 Å². The van der Waals surface area contributed by atoms with E-state index in [1.807, 2.05) is 0 Å². The molecule has 19 heavy (non-hydrogen) atoms. The first-order valence-electron chi connectivity index (χ1n) is 5.57. The van der Waals surface area contributed by atoms with Gasteiger partial charge in [0, 0.05) is 6.42 Å². The van der Waals surface area contributed by atoms with Gasteiger partial charge in [-0.15, -0.1) is 0 Å². The maximum Gasteiger partial charge on any atom is 0.254 e. The quantitative estimate of drug-likeness (QED) is 0.813. The first-order chi connectivity index (χ1) is 8.99. The number of carbonyl (C=O) groups excluding carboxylic acids is 3. The molecule has 0 spiro atoms. The van der Waals surface area contributed by atoms with E-state index < -0.39 is 17.9 Å². The third-order valence-corrected chi connectivity index (χ3v) is 3.36. The normalized spacial score (nSPS) is 18.9. The molecule has 0 bridgehead atoms. The van der Waals surface area contributed by atoms with Crippen LogP contribution >= 0.6 is 23.2 Å². The van der Waals surface area contributed by atoms with Crippen LogP contribution in [0.15, 0.2) is 18.2 Å². The summed E-state index contributed by atoms with van der Waals surface area (Å²) in [5.41, 5.74) is 0.121. The molecular weight excluding hydrogens is 291 g/mol. The van der Waals surface area contributed by atoms with Crippen LogP contribution in [0.1, 0.15) is 23.2 Å². The predicted molar refractivity (Wildman–Crippen MR) is 70.1 cm³/mol. The van der Waals surface area contributed by atoms with Crippen LogP contribution in [0.25, 0.3) is 0 Å². The molecule has 2 rings (SSSR count). The Hall–Kier alpha value is -1.59. The van der Waals surface area contributed by atoms with Crippen molar-refractivity contribution in [1.29, 1.82) is 0 Å². The summed E-state index contributed by atoms with van der Waals surface area (Å²) in [6.07, 6.45) is 0.450. The third kappa shape index (κ3) is 3.05. The molecule has 0 radical (unpaired) electrons. The molecule has 1 atom stereocenters. The van der Waals surface area contributed by atoms with Crippen LogP contribution < -0.4 is 10.6 Å². The van der Waals surface area contributed by atoms with Gasteiger partial charge in [-0.25, -0.2) is 0 Å². The number of hydrogen-bond donors (Lipinski definition) is 2. The van der Waals surface area contributed by atoms with Gasteiger partial charge in [-0.3, -0.25) is 19.7 Å². The zero-order chi connectivity index (χ0) is 14.0. The Kier molecular flexibility index (Phi) is 4.07. The molecule has 1 aliphatic heterocycles. The van der Waals surface area contributed by atoms with Crippen LogP contribution in [0, 0.1) is 0 Å². The molecule has 0 aliphatic carbocycles. The molecule has 1 aliphatic rings. The first-order valence-corrected chi connectivity index (χ1v) is 6.33. The highest BCUT2D eigenvalue weighted by Gasteiger charge is 2.29. The predicted octanol–water partition coefficient (Wildman–Crippen LogP) is 1.53. The molecule has 1 fully saturated rings. The third-order valence-electron chi connectivity index (χ3n) is 2.73. The Morgan fingerprint density at radius 2 is 1.89 bits per heavy atom. The van der Waals surface area contributed by atoms with E-state index in [-0.39, 0.29) is 34.4 Å². The zero-order valence-electron chi connectivity index (χ0n) is 9.70. The van der Waals surface area contributed by atoms with Gasteiger partial charge in [0.25, 0.3) is 5.91 Å². The number of hydrogen-bond acceptors (Lipinski definition) is 3. The number of amides is 3. The Morgan fingerprint density at radius 3 is 2.47 bits per heavy atom. The van der Waals surface area contributed by atoms with E-state index in [1.54, 1.807) is 6.07 Å². The number of benzene rings is 1. The summed E-state index contributed by atoms with van der Waals surface area (Å²) in [5, 5.41) is 5.08. The second-order valence-corrected chi connectivity index (χ2v) is 4.89. The molecule has 0 saturated carbocycles. The molecule has 7 heteroatoms. The number of piperidine rings is 1. The highest BCUT2D eigenvalue weighted by atomic mass is 35.5. The Bertz CT molecular complexity index is 540. The molecule has 1 aromatic carbocycles. The molecule has 1 unspecified atom stereocenters. The molecule has 100 valence electrons. The summed E-state index contributed by atoms with van der Waals surface area (Å²) >= 11 is 11.8. The van der Waals surface area contributed by atoms with Crippen molar-refractivity contribution >= 4 is 40.9 Å². The maximum absolute atomic E-state index is 12.0. The van der Waals surface area contributed by atoms with E-state index >= 15 is 0 Å². The lowest BCUT2D eigenvalue weighted by Gasteiger charge is -2.22. The van der Waals surface area contributed by atoms with Crippen LogP contribution in [-0.4, -0.2) is 23.8 Å². The fraction of sp³-hybridized carbons (Fsp3) is 0.250. The molecular formula is C12H10Cl2N2O3. The van der Waals surface area contributed by atoms with Crippen molar-refractivity contribution in [2.45, 2.75) is 18.9 Å². The van der Waals surface area contributed by atoms with Crippen molar-refractivity contribution in [3.63, 3.8) is 0 Å². The second-order valence-electron chi connectivity index (χ2n) is 4.07. The summed E-state index contributed by atoms with van der Waals surface area (Å²) in [5.74, 6) is -1.40. The van der Waals surface area contributed by atoms with Gasteiger partial charge >= 0.3 is 0 Å². The summed E-state index contributed by atoms with van der Waals surface area (Å²) in [4.78, 5) is 34.6. The summed E-state index contributed by atoms with van der Waals surface area (Å²) < 4.78 is 0. The van der Waals surface area contributed by atoms with Crippen LogP contribution in [0.4, 0.5) is 0 Å². The standard InChI is InChI=1S/C12H10Cl2N2O3/c13-6-2-1-3-7(14)10(6)12(19)15-8-4-5-9(17)16-11(8)18/h1-3,8H,4-5H2,(H,15,19)(H,16,17,18). The summed E-state index contributed by atoms with van der Waals surface area (Å²) in [6, 6.07) is 3.94. The Morgan fingerprint density at radius 1 is 1.26 bits per heavy atom. The van der Waals surface area contributed by atoms with E-state index in [0.717, 1.165) is 0 Å². The highest BCUT2D eigenvalue weighted by Crippen LogP contribution is 2.24. The number of carbonyl (C=O) groups is 3. The molecule has 1 heterocycles. The topological polar surface area (TPSA) is 75.3 Å². The molecule has 1 aromatic rings. The minimum atomic E-state index is -0.752. The van der Waals surface area contributed by atoms with Crippen LogP contribution in [-0.2, 0) is 9.59 Å². The van der Waals surface area contributed by atoms with Crippen molar-refractivity contribution in [1.82, 2.24) is 10.6 Å². The molecule has 0 aromatic heterocycles. The smallest absolute Gasteiger partial charge is 0.254 e. The fourth-order valence-electron chi connectivity index (χ4n) is 1.78. The van der Waals surface area contributed by atoms with Crippen molar-refractivity contribution in [2.24, 2.45) is 0 Å². The molecule has 2 N–H and O–H groups in total. The fourth-order valence-corrected chi connectivity index (χ4v) is 2.35. The van der Waals surface area contributed by atoms with Crippen molar-refractivity contribution in [2.75, 3.05) is 0 Å². The van der Waals surface area contributed by atoms with Crippen LogP contribution in [0.3, 0.4) is 0 Å². The van der Waals surface area contributed by atoms with E-state index in [4.69, 9.17) is 23.2 Å².